The molecule has 1 fully saturated rings. The summed E-state index contributed by atoms with van der Waals surface area (Å²) >= 11 is 0. The second-order valence-corrected chi connectivity index (χ2v) is 3.64. The molecule has 0 bridgehead atoms. The van der Waals surface area contributed by atoms with Crippen LogP contribution >= 0.6 is 0 Å². The van der Waals surface area contributed by atoms with Crippen molar-refractivity contribution in [3.05, 3.63) is 30.1 Å². The van der Waals surface area contributed by atoms with Gasteiger partial charge in [-0.3, -0.25) is 0 Å². The van der Waals surface area contributed by atoms with Crippen molar-refractivity contribution in [2.75, 3.05) is 18.4 Å². The molecule has 0 atom stereocenters. The predicted octanol–water partition coefficient (Wildman–Crippen LogP) is 1.99. The van der Waals surface area contributed by atoms with Gasteiger partial charge in [0.15, 0.2) is 0 Å². The van der Waals surface area contributed by atoms with Gasteiger partial charge >= 0.3 is 0 Å². The first-order valence-electron chi connectivity index (χ1n) is 5.08. The van der Waals surface area contributed by atoms with E-state index in [4.69, 9.17) is 0 Å². The maximum Gasteiger partial charge on any atom is 0.146 e. The lowest BCUT2D eigenvalue weighted by Crippen LogP contribution is -2.24. The third-order valence-electron chi connectivity index (χ3n) is 2.32. The molecular formula is C11H15FN2. The zero-order valence-electron chi connectivity index (χ0n) is 8.09. The van der Waals surface area contributed by atoms with Crippen LogP contribution in [0.4, 0.5) is 10.1 Å². The fraction of sp³-hybridized carbons (Fsp3) is 0.455. The summed E-state index contributed by atoms with van der Waals surface area (Å²) in [5, 5.41) is 6.42. The van der Waals surface area contributed by atoms with Gasteiger partial charge in [-0.25, -0.2) is 4.39 Å². The average molecular weight is 194 g/mol. The first-order valence-corrected chi connectivity index (χ1v) is 5.08. The predicted molar refractivity (Wildman–Crippen MR) is 55.9 cm³/mol. The molecule has 1 aromatic rings. The Kier molecular flexibility index (Phi) is 2.99. The van der Waals surface area contributed by atoms with Crippen molar-refractivity contribution in [2.45, 2.75) is 18.9 Å². The van der Waals surface area contributed by atoms with Gasteiger partial charge in [0.1, 0.15) is 5.82 Å². The van der Waals surface area contributed by atoms with Crippen LogP contribution in [0.15, 0.2) is 24.3 Å². The molecule has 0 aliphatic heterocycles. The van der Waals surface area contributed by atoms with Gasteiger partial charge < -0.3 is 10.6 Å². The normalized spacial score (nSPS) is 15.5. The first-order chi connectivity index (χ1) is 6.86. The van der Waals surface area contributed by atoms with E-state index in [1.54, 1.807) is 12.1 Å². The van der Waals surface area contributed by atoms with E-state index in [0.29, 0.717) is 5.69 Å². The Balaban J connectivity index is 1.71. The van der Waals surface area contributed by atoms with Crippen molar-refractivity contribution < 1.29 is 4.39 Å². The Labute approximate surface area is 83.5 Å². The van der Waals surface area contributed by atoms with E-state index in [1.165, 1.54) is 18.9 Å². The molecule has 0 unspecified atom stereocenters. The fourth-order valence-electron chi connectivity index (χ4n) is 1.37. The van der Waals surface area contributed by atoms with Crippen LogP contribution in [0.2, 0.25) is 0 Å². The summed E-state index contributed by atoms with van der Waals surface area (Å²) in [5.41, 5.74) is 0.588. The zero-order valence-corrected chi connectivity index (χ0v) is 8.09. The number of rotatable bonds is 5. The van der Waals surface area contributed by atoms with E-state index in [0.717, 1.165) is 19.1 Å². The standard InChI is InChI=1S/C11H15FN2/c12-10-3-1-2-4-11(10)14-8-7-13-9-5-6-9/h1-4,9,13-14H,5-8H2. The molecule has 2 rings (SSSR count). The Morgan fingerprint density at radius 2 is 2.00 bits per heavy atom. The Morgan fingerprint density at radius 3 is 2.71 bits per heavy atom. The molecule has 1 aromatic carbocycles. The van der Waals surface area contributed by atoms with Gasteiger partial charge in [-0.1, -0.05) is 12.1 Å². The second-order valence-electron chi connectivity index (χ2n) is 3.64. The summed E-state index contributed by atoms with van der Waals surface area (Å²) in [4.78, 5) is 0. The molecular weight excluding hydrogens is 179 g/mol. The van der Waals surface area contributed by atoms with Gasteiger partial charge in [0, 0.05) is 19.1 Å². The topological polar surface area (TPSA) is 24.1 Å². The Morgan fingerprint density at radius 1 is 1.21 bits per heavy atom. The maximum atomic E-state index is 13.1. The van der Waals surface area contributed by atoms with E-state index in [1.807, 2.05) is 6.07 Å². The Bertz CT molecular complexity index is 297. The summed E-state index contributed by atoms with van der Waals surface area (Å²) < 4.78 is 13.1. The minimum atomic E-state index is -0.182. The van der Waals surface area contributed by atoms with Gasteiger partial charge in [0.2, 0.25) is 0 Å². The third-order valence-corrected chi connectivity index (χ3v) is 2.32. The van der Waals surface area contributed by atoms with E-state index in [9.17, 15) is 4.39 Å². The number of benzene rings is 1. The highest BCUT2D eigenvalue weighted by Gasteiger charge is 2.19. The average Bonchev–Trinajstić information content (AvgIpc) is 2.99. The molecule has 1 aliphatic rings. The van der Waals surface area contributed by atoms with Crippen LogP contribution in [-0.2, 0) is 0 Å². The molecule has 0 saturated heterocycles. The largest absolute Gasteiger partial charge is 0.381 e. The molecule has 14 heavy (non-hydrogen) atoms. The zero-order chi connectivity index (χ0) is 9.80. The number of hydrogen-bond acceptors (Lipinski definition) is 2. The highest BCUT2D eigenvalue weighted by molar-refractivity contribution is 5.44. The number of nitrogens with one attached hydrogen (secondary N) is 2. The smallest absolute Gasteiger partial charge is 0.146 e. The number of anilines is 1. The van der Waals surface area contributed by atoms with Crippen molar-refractivity contribution in [2.24, 2.45) is 0 Å². The molecule has 76 valence electrons. The summed E-state index contributed by atoms with van der Waals surface area (Å²) in [6.45, 7) is 1.68. The highest BCUT2D eigenvalue weighted by Crippen LogP contribution is 2.18. The van der Waals surface area contributed by atoms with E-state index in [-0.39, 0.29) is 5.82 Å². The third kappa shape index (κ3) is 2.70. The van der Waals surface area contributed by atoms with Crippen LogP contribution in [0.1, 0.15) is 12.8 Å². The van der Waals surface area contributed by atoms with Crippen LogP contribution in [0.5, 0.6) is 0 Å². The quantitative estimate of drug-likeness (QED) is 0.700. The van der Waals surface area contributed by atoms with Crippen LogP contribution in [0.3, 0.4) is 0 Å². The van der Waals surface area contributed by atoms with Gasteiger partial charge in [-0.2, -0.15) is 0 Å². The molecule has 0 aromatic heterocycles. The summed E-state index contributed by atoms with van der Waals surface area (Å²) in [6, 6.07) is 7.48. The van der Waals surface area contributed by atoms with Crippen LogP contribution in [-0.4, -0.2) is 19.1 Å². The Hall–Kier alpha value is -1.09. The van der Waals surface area contributed by atoms with Crippen molar-refractivity contribution in [3.63, 3.8) is 0 Å². The first kappa shape index (κ1) is 9.46. The van der Waals surface area contributed by atoms with Gasteiger partial charge in [-0.15, -0.1) is 0 Å². The van der Waals surface area contributed by atoms with E-state index in [2.05, 4.69) is 10.6 Å². The van der Waals surface area contributed by atoms with Gasteiger partial charge in [0.25, 0.3) is 0 Å². The van der Waals surface area contributed by atoms with Crippen molar-refractivity contribution in [1.82, 2.24) is 5.32 Å². The maximum absolute atomic E-state index is 13.1. The van der Waals surface area contributed by atoms with E-state index >= 15 is 0 Å². The molecule has 2 N–H and O–H groups in total. The van der Waals surface area contributed by atoms with Crippen molar-refractivity contribution in [3.8, 4) is 0 Å². The molecule has 0 radical (unpaired) electrons. The summed E-state index contributed by atoms with van der Waals surface area (Å²) in [6.07, 6.45) is 2.58. The lowest BCUT2D eigenvalue weighted by atomic mass is 10.3. The molecule has 0 amide bonds. The lowest BCUT2D eigenvalue weighted by Gasteiger charge is -2.07. The molecule has 2 nitrogen and oxygen atoms in total. The minimum absolute atomic E-state index is 0.182. The molecule has 0 spiro atoms. The molecule has 1 aliphatic carbocycles. The minimum Gasteiger partial charge on any atom is -0.381 e. The van der Waals surface area contributed by atoms with Crippen LogP contribution < -0.4 is 10.6 Å². The van der Waals surface area contributed by atoms with Gasteiger partial charge in [-0.05, 0) is 25.0 Å². The van der Waals surface area contributed by atoms with Gasteiger partial charge in [0.05, 0.1) is 5.69 Å². The summed E-state index contributed by atoms with van der Waals surface area (Å²) in [7, 11) is 0. The molecule has 0 heterocycles. The monoisotopic (exact) mass is 194 g/mol. The fourth-order valence-corrected chi connectivity index (χ4v) is 1.37. The number of halogens is 1. The van der Waals surface area contributed by atoms with Crippen molar-refractivity contribution in [1.29, 1.82) is 0 Å². The number of hydrogen-bond donors (Lipinski definition) is 2. The lowest BCUT2D eigenvalue weighted by molar-refractivity contribution is 0.628. The van der Waals surface area contributed by atoms with E-state index < -0.39 is 0 Å². The number of para-hydroxylation sites is 1. The SMILES string of the molecule is Fc1ccccc1NCCNC1CC1. The van der Waals surface area contributed by atoms with Crippen LogP contribution in [0, 0.1) is 5.82 Å². The molecule has 1 saturated carbocycles. The summed E-state index contributed by atoms with van der Waals surface area (Å²) in [5.74, 6) is -0.182. The molecule has 3 heteroatoms. The highest BCUT2D eigenvalue weighted by atomic mass is 19.1. The van der Waals surface area contributed by atoms with Crippen LogP contribution in [0.25, 0.3) is 0 Å². The second kappa shape index (κ2) is 4.42. The van der Waals surface area contributed by atoms with Crippen molar-refractivity contribution >= 4 is 5.69 Å².